The number of hydrogen-bond donors (Lipinski definition) is 1. The molecule has 1 aromatic carbocycles. The lowest BCUT2D eigenvalue weighted by molar-refractivity contribution is 0.0222. The molecule has 1 fully saturated rings. The quantitative estimate of drug-likeness (QED) is 0.681. The number of hydrogen-bond acceptors (Lipinski definition) is 4. The second kappa shape index (κ2) is 6.93. The van der Waals surface area contributed by atoms with Crippen molar-refractivity contribution in [2.24, 2.45) is 0 Å². The Bertz CT molecular complexity index is 1000. The van der Waals surface area contributed by atoms with E-state index in [1.54, 1.807) is 0 Å². The summed E-state index contributed by atoms with van der Waals surface area (Å²) in [4.78, 5) is 27.3. The number of rotatable bonds is 2. The van der Waals surface area contributed by atoms with Crippen LogP contribution in [0.4, 0.5) is 4.79 Å². The van der Waals surface area contributed by atoms with Gasteiger partial charge >= 0.3 is 6.09 Å². The summed E-state index contributed by atoms with van der Waals surface area (Å²) < 4.78 is 5.60. The summed E-state index contributed by atoms with van der Waals surface area (Å²) in [6, 6.07) is 12.1. The molecule has 1 amide bonds. The van der Waals surface area contributed by atoms with E-state index in [1.165, 1.54) is 0 Å². The molecule has 0 radical (unpaired) electrons. The van der Waals surface area contributed by atoms with Gasteiger partial charge in [-0.05, 0) is 46.6 Å². The molecule has 28 heavy (non-hydrogen) atoms. The number of H-pyrrole nitrogens is 1. The number of amides is 1. The largest absolute Gasteiger partial charge is 0.444 e. The fourth-order valence-corrected chi connectivity index (χ4v) is 3.76. The van der Waals surface area contributed by atoms with Gasteiger partial charge < -0.3 is 9.72 Å². The molecule has 0 spiro atoms. The molecule has 1 N–H and O–H groups in total. The molecule has 0 unspecified atom stereocenters. The minimum Gasteiger partial charge on any atom is -0.444 e. The van der Waals surface area contributed by atoms with Crippen molar-refractivity contribution in [1.82, 2.24) is 19.9 Å². The van der Waals surface area contributed by atoms with Crippen LogP contribution >= 0.6 is 0 Å². The van der Waals surface area contributed by atoms with Crippen molar-refractivity contribution < 1.29 is 9.53 Å². The van der Waals surface area contributed by atoms with Gasteiger partial charge in [-0.1, -0.05) is 30.3 Å². The van der Waals surface area contributed by atoms with Crippen molar-refractivity contribution >= 4 is 17.1 Å². The molecule has 3 aromatic rings. The first-order chi connectivity index (χ1) is 13.3. The van der Waals surface area contributed by atoms with Gasteiger partial charge in [0.1, 0.15) is 11.4 Å². The smallest absolute Gasteiger partial charge is 0.410 e. The third kappa shape index (κ3) is 3.59. The standard InChI is InChI=1S/C22H26N4O2/c1-14-23-17-13-16(18-11-8-12-26(18)21(27)28-22(2,3)4)25-20(17)19(24-14)15-9-6-5-7-10-15/h5-7,9-10,13,18,25H,8,11-12H2,1-4H3/t18-/m0/s1. The molecule has 1 atom stereocenters. The van der Waals surface area contributed by atoms with Gasteiger partial charge in [0.05, 0.1) is 22.8 Å². The van der Waals surface area contributed by atoms with Crippen LogP contribution in [0.25, 0.3) is 22.3 Å². The van der Waals surface area contributed by atoms with Gasteiger partial charge in [-0.15, -0.1) is 0 Å². The number of nitrogens with one attached hydrogen (secondary N) is 1. The predicted molar refractivity (Wildman–Crippen MR) is 109 cm³/mol. The molecule has 4 rings (SSSR count). The van der Waals surface area contributed by atoms with Crippen LogP contribution in [0, 0.1) is 6.92 Å². The number of nitrogens with zero attached hydrogens (tertiary/aromatic N) is 3. The number of fused-ring (bicyclic) bond motifs is 1. The Balaban J connectivity index is 1.73. The molecule has 0 bridgehead atoms. The van der Waals surface area contributed by atoms with E-state index >= 15 is 0 Å². The SMILES string of the molecule is Cc1nc(-c2ccccc2)c2[nH]c([C@@H]3CCCN3C(=O)OC(C)(C)C)cc2n1. The van der Waals surface area contributed by atoms with Crippen molar-refractivity contribution in [3.8, 4) is 11.3 Å². The molecule has 1 aliphatic heterocycles. The molecule has 1 aliphatic rings. The molecule has 2 aromatic heterocycles. The maximum absolute atomic E-state index is 12.7. The molecule has 0 saturated carbocycles. The lowest BCUT2D eigenvalue weighted by atomic mass is 10.1. The van der Waals surface area contributed by atoms with Crippen LogP contribution in [0.15, 0.2) is 36.4 Å². The van der Waals surface area contributed by atoms with Gasteiger partial charge in [-0.2, -0.15) is 0 Å². The Morgan fingerprint density at radius 1 is 1.21 bits per heavy atom. The van der Waals surface area contributed by atoms with Crippen LogP contribution < -0.4 is 0 Å². The van der Waals surface area contributed by atoms with Crippen LogP contribution in [-0.2, 0) is 4.74 Å². The highest BCUT2D eigenvalue weighted by molar-refractivity contribution is 5.90. The maximum Gasteiger partial charge on any atom is 0.410 e. The van der Waals surface area contributed by atoms with Crippen LogP contribution in [0.5, 0.6) is 0 Å². The van der Waals surface area contributed by atoms with E-state index in [4.69, 9.17) is 4.74 Å². The van der Waals surface area contributed by atoms with Crippen molar-refractivity contribution in [3.63, 3.8) is 0 Å². The Labute approximate surface area is 164 Å². The van der Waals surface area contributed by atoms with Gasteiger partial charge in [0.25, 0.3) is 0 Å². The number of aromatic nitrogens is 3. The first-order valence-corrected chi connectivity index (χ1v) is 9.74. The van der Waals surface area contributed by atoms with Crippen molar-refractivity contribution in [3.05, 3.63) is 47.9 Å². The zero-order valence-corrected chi connectivity index (χ0v) is 16.8. The predicted octanol–water partition coefficient (Wildman–Crippen LogP) is 5.01. The average Bonchev–Trinajstić information content (AvgIpc) is 3.26. The molecule has 6 nitrogen and oxygen atoms in total. The summed E-state index contributed by atoms with van der Waals surface area (Å²) >= 11 is 0. The Kier molecular flexibility index (Phi) is 4.57. The molecular weight excluding hydrogens is 352 g/mol. The number of benzene rings is 1. The van der Waals surface area contributed by atoms with E-state index in [-0.39, 0.29) is 12.1 Å². The number of carbonyl (C=O) groups excluding carboxylic acids is 1. The topological polar surface area (TPSA) is 71.1 Å². The van der Waals surface area contributed by atoms with Crippen LogP contribution in [0.1, 0.15) is 51.2 Å². The molecule has 146 valence electrons. The fraction of sp³-hybridized carbons (Fsp3) is 0.409. The van der Waals surface area contributed by atoms with Gasteiger partial charge in [0, 0.05) is 17.8 Å². The average molecular weight is 378 g/mol. The summed E-state index contributed by atoms with van der Waals surface area (Å²) in [7, 11) is 0. The number of likely N-dealkylation sites (tertiary alicyclic amines) is 1. The Morgan fingerprint density at radius 2 is 1.96 bits per heavy atom. The van der Waals surface area contributed by atoms with Crippen molar-refractivity contribution in [1.29, 1.82) is 0 Å². The molecule has 0 aliphatic carbocycles. The summed E-state index contributed by atoms with van der Waals surface area (Å²) in [6.45, 7) is 8.28. The molecular formula is C22H26N4O2. The van der Waals surface area contributed by atoms with Crippen molar-refractivity contribution in [2.45, 2.75) is 52.2 Å². The number of aromatic amines is 1. The van der Waals surface area contributed by atoms with Gasteiger partial charge in [0.2, 0.25) is 0 Å². The van der Waals surface area contributed by atoms with Crippen molar-refractivity contribution in [2.75, 3.05) is 6.54 Å². The van der Waals surface area contributed by atoms with Gasteiger partial charge in [-0.3, -0.25) is 4.90 Å². The normalized spacial score (nSPS) is 17.3. The molecule has 1 saturated heterocycles. The third-order valence-corrected chi connectivity index (χ3v) is 4.90. The third-order valence-electron chi connectivity index (χ3n) is 4.90. The second-order valence-corrected chi connectivity index (χ2v) is 8.30. The fourth-order valence-electron chi connectivity index (χ4n) is 3.76. The second-order valence-electron chi connectivity index (χ2n) is 8.30. The summed E-state index contributed by atoms with van der Waals surface area (Å²) in [5, 5.41) is 0. The summed E-state index contributed by atoms with van der Waals surface area (Å²) in [6.07, 6.45) is 1.59. The Morgan fingerprint density at radius 3 is 2.68 bits per heavy atom. The van der Waals surface area contributed by atoms with Crippen LogP contribution in [0.3, 0.4) is 0 Å². The lowest BCUT2D eigenvalue weighted by Gasteiger charge is -2.28. The van der Waals surface area contributed by atoms with E-state index < -0.39 is 5.60 Å². The minimum absolute atomic E-state index is 0.0343. The first kappa shape index (κ1) is 18.5. The first-order valence-electron chi connectivity index (χ1n) is 9.74. The highest BCUT2D eigenvalue weighted by atomic mass is 16.6. The van der Waals surface area contributed by atoms with E-state index in [0.717, 1.165) is 46.7 Å². The lowest BCUT2D eigenvalue weighted by Crippen LogP contribution is -2.36. The van der Waals surface area contributed by atoms with Crippen LogP contribution in [-0.4, -0.2) is 38.1 Å². The van der Waals surface area contributed by atoms with E-state index in [0.29, 0.717) is 6.54 Å². The van der Waals surface area contributed by atoms with Crippen LogP contribution in [0.2, 0.25) is 0 Å². The van der Waals surface area contributed by atoms with E-state index in [9.17, 15) is 4.79 Å². The van der Waals surface area contributed by atoms with E-state index in [1.807, 2.05) is 69.0 Å². The van der Waals surface area contributed by atoms with Gasteiger partial charge in [-0.25, -0.2) is 14.8 Å². The Hall–Kier alpha value is -2.89. The number of carbonyl (C=O) groups is 1. The summed E-state index contributed by atoms with van der Waals surface area (Å²) in [5.74, 6) is 0.729. The zero-order valence-electron chi connectivity index (χ0n) is 16.8. The molecule has 3 heterocycles. The van der Waals surface area contributed by atoms with E-state index in [2.05, 4.69) is 15.0 Å². The maximum atomic E-state index is 12.7. The minimum atomic E-state index is -0.506. The van der Waals surface area contributed by atoms with Gasteiger partial charge in [0.15, 0.2) is 0 Å². The molecule has 6 heteroatoms. The zero-order chi connectivity index (χ0) is 19.9. The number of ether oxygens (including phenoxy) is 1. The monoisotopic (exact) mass is 378 g/mol. The highest BCUT2D eigenvalue weighted by Crippen LogP contribution is 2.35. The summed E-state index contributed by atoms with van der Waals surface area (Å²) in [5.41, 5.74) is 4.18. The highest BCUT2D eigenvalue weighted by Gasteiger charge is 2.34. The number of aryl methyl sites for hydroxylation is 1.